The molecule has 2 heteroatoms. The molecule has 2 N–H and O–H groups in total. The molecular formula is C35H52O2. The molecule has 0 saturated carbocycles. The van der Waals surface area contributed by atoms with E-state index in [1.807, 2.05) is 12.2 Å². The lowest BCUT2D eigenvalue weighted by Gasteiger charge is -2.51. The number of hydrogen-bond acceptors (Lipinski definition) is 2. The molecule has 204 valence electrons. The van der Waals surface area contributed by atoms with Crippen molar-refractivity contribution >= 4 is 0 Å². The van der Waals surface area contributed by atoms with Crippen LogP contribution in [0.5, 0.6) is 0 Å². The quantitative estimate of drug-likeness (QED) is 0.432. The average molecular weight is 505 g/mol. The molecule has 0 amide bonds. The number of benzene rings is 1. The minimum atomic E-state index is -0.951. The fourth-order valence-corrected chi connectivity index (χ4v) is 6.27. The van der Waals surface area contributed by atoms with Crippen molar-refractivity contribution in [2.75, 3.05) is 0 Å². The van der Waals surface area contributed by atoms with Gasteiger partial charge in [0, 0.05) is 17.8 Å². The normalized spacial score (nSPS) is 30.1. The van der Waals surface area contributed by atoms with Crippen molar-refractivity contribution in [3.05, 3.63) is 83.5 Å². The highest BCUT2D eigenvalue weighted by atomic mass is 16.3. The molecule has 3 rings (SSSR count). The van der Waals surface area contributed by atoms with Crippen LogP contribution in [0.1, 0.15) is 94.6 Å². The summed E-state index contributed by atoms with van der Waals surface area (Å²) in [7, 11) is 0. The summed E-state index contributed by atoms with van der Waals surface area (Å²) in [4.78, 5) is 0. The second kappa shape index (κ2) is 9.38. The van der Waals surface area contributed by atoms with E-state index in [9.17, 15) is 10.2 Å². The van der Waals surface area contributed by atoms with Gasteiger partial charge in [-0.25, -0.2) is 0 Å². The monoisotopic (exact) mass is 504 g/mol. The average Bonchev–Trinajstić information content (AvgIpc) is 2.74. The van der Waals surface area contributed by atoms with Crippen molar-refractivity contribution < 1.29 is 10.2 Å². The molecule has 2 nitrogen and oxygen atoms in total. The summed E-state index contributed by atoms with van der Waals surface area (Å²) in [6, 6.07) is 10.6. The van der Waals surface area contributed by atoms with Gasteiger partial charge in [0.05, 0.1) is 11.2 Å². The molecule has 2 aliphatic rings. The predicted octanol–water partition coefficient (Wildman–Crippen LogP) is 8.64. The zero-order valence-corrected chi connectivity index (χ0v) is 25.5. The summed E-state index contributed by atoms with van der Waals surface area (Å²) < 4.78 is 0. The van der Waals surface area contributed by atoms with Gasteiger partial charge in [0.1, 0.15) is 0 Å². The standard InChI is InChI=1S/C35H52O2/c1-30(2,3)27-22-25(18-20-34(27,36)32(7,8)9)29(24-16-14-13-15-17-24)26-19-21-35(37,33(10,11)12)28(23-26)31(4,5)6/h13-23,27-29,36-37H,1-12H3. The Balaban J connectivity index is 2.24. The molecule has 0 aromatic heterocycles. The van der Waals surface area contributed by atoms with Gasteiger partial charge in [0.2, 0.25) is 0 Å². The van der Waals surface area contributed by atoms with Crippen LogP contribution in [-0.4, -0.2) is 21.4 Å². The molecule has 1 aromatic rings. The maximum absolute atomic E-state index is 12.0. The number of hydrogen-bond donors (Lipinski definition) is 2. The van der Waals surface area contributed by atoms with E-state index in [0.29, 0.717) is 0 Å². The smallest absolute Gasteiger partial charge is 0.0946 e. The minimum absolute atomic E-state index is 0.0115. The van der Waals surface area contributed by atoms with Gasteiger partial charge in [0.15, 0.2) is 0 Å². The van der Waals surface area contributed by atoms with Crippen LogP contribution in [0.4, 0.5) is 0 Å². The maximum atomic E-state index is 12.0. The minimum Gasteiger partial charge on any atom is -0.385 e. The molecule has 0 spiro atoms. The second-order valence-corrected chi connectivity index (χ2v) is 15.7. The fraction of sp³-hybridized carbons (Fsp3) is 0.600. The molecule has 4 atom stereocenters. The maximum Gasteiger partial charge on any atom is 0.0946 e. The van der Waals surface area contributed by atoms with Crippen LogP contribution in [0.3, 0.4) is 0 Å². The van der Waals surface area contributed by atoms with Crippen molar-refractivity contribution in [2.24, 2.45) is 33.5 Å². The van der Waals surface area contributed by atoms with Crippen molar-refractivity contribution in [2.45, 2.75) is 100 Å². The molecular weight excluding hydrogens is 452 g/mol. The van der Waals surface area contributed by atoms with E-state index in [4.69, 9.17) is 0 Å². The van der Waals surface area contributed by atoms with Crippen molar-refractivity contribution in [1.29, 1.82) is 0 Å². The lowest BCUT2D eigenvalue weighted by Crippen LogP contribution is -2.53. The topological polar surface area (TPSA) is 40.5 Å². The first-order chi connectivity index (χ1) is 16.6. The first-order valence-corrected chi connectivity index (χ1v) is 13.9. The van der Waals surface area contributed by atoms with Crippen LogP contribution < -0.4 is 0 Å². The van der Waals surface area contributed by atoms with E-state index in [-0.39, 0.29) is 39.4 Å². The highest BCUT2D eigenvalue weighted by molar-refractivity contribution is 5.52. The summed E-state index contributed by atoms with van der Waals surface area (Å²) in [5.74, 6) is -0.0916. The molecule has 1 aromatic carbocycles. The number of rotatable bonds is 3. The van der Waals surface area contributed by atoms with E-state index >= 15 is 0 Å². The highest BCUT2D eigenvalue weighted by Crippen LogP contribution is 2.53. The third-order valence-corrected chi connectivity index (χ3v) is 8.79. The van der Waals surface area contributed by atoms with E-state index < -0.39 is 11.2 Å². The Hall–Kier alpha value is -1.90. The highest BCUT2D eigenvalue weighted by Gasteiger charge is 2.52. The summed E-state index contributed by atoms with van der Waals surface area (Å²) in [6.45, 7) is 26.1. The molecule has 0 heterocycles. The summed E-state index contributed by atoms with van der Waals surface area (Å²) in [5, 5.41) is 24.0. The summed E-state index contributed by atoms with van der Waals surface area (Å²) in [5.41, 5.74) is 0.839. The predicted molar refractivity (Wildman–Crippen MR) is 158 cm³/mol. The van der Waals surface area contributed by atoms with Crippen LogP contribution in [0, 0.1) is 33.5 Å². The molecule has 0 fully saturated rings. The van der Waals surface area contributed by atoms with Crippen LogP contribution in [0.25, 0.3) is 0 Å². The molecule has 0 radical (unpaired) electrons. The molecule has 0 saturated heterocycles. The second-order valence-electron chi connectivity index (χ2n) is 15.7. The first kappa shape index (κ1) is 29.7. The van der Waals surface area contributed by atoms with Gasteiger partial charge < -0.3 is 10.2 Å². The van der Waals surface area contributed by atoms with E-state index in [2.05, 4.69) is 138 Å². The van der Waals surface area contributed by atoms with Crippen LogP contribution in [0.15, 0.2) is 77.9 Å². The Morgan fingerprint density at radius 1 is 0.595 bits per heavy atom. The Labute approximate surface area is 227 Å². The number of allylic oxidation sites excluding steroid dienone is 4. The fourth-order valence-electron chi connectivity index (χ4n) is 6.27. The van der Waals surface area contributed by atoms with Crippen LogP contribution >= 0.6 is 0 Å². The number of aliphatic hydroxyl groups is 2. The zero-order chi connectivity index (χ0) is 28.2. The Kier molecular flexibility index (Phi) is 7.52. The van der Waals surface area contributed by atoms with Crippen LogP contribution in [-0.2, 0) is 0 Å². The SMILES string of the molecule is CC(C)(C)C1C=C(C(C2=CC(C(C)(C)C)C(O)(C(C)(C)C)C=C2)c2ccccc2)C=CC1(O)C(C)(C)C. The van der Waals surface area contributed by atoms with E-state index in [0.717, 1.165) is 0 Å². The Morgan fingerprint density at radius 3 is 1.24 bits per heavy atom. The Bertz CT molecular complexity index is 1020. The first-order valence-electron chi connectivity index (χ1n) is 13.9. The van der Waals surface area contributed by atoms with Gasteiger partial charge in [-0.05, 0) is 38.4 Å². The third kappa shape index (κ3) is 5.48. The zero-order valence-electron chi connectivity index (χ0n) is 25.5. The Morgan fingerprint density at radius 2 is 0.946 bits per heavy atom. The van der Waals surface area contributed by atoms with E-state index in [1.54, 1.807) is 0 Å². The van der Waals surface area contributed by atoms with Gasteiger partial charge in [-0.15, -0.1) is 0 Å². The molecule has 37 heavy (non-hydrogen) atoms. The van der Waals surface area contributed by atoms with Gasteiger partial charge in [0.25, 0.3) is 0 Å². The lowest BCUT2D eigenvalue weighted by atomic mass is 9.57. The summed E-state index contributed by atoms with van der Waals surface area (Å²) in [6.07, 6.45) is 13.1. The van der Waals surface area contributed by atoms with Crippen LogP contribution in [0.2, 0.25) is 0 Å². The van der Waals surface area contributed by atoms with Crippen molar-refractivity contribution in [1.82, 2.24) is 0 Å². The van der Waals surface area contributed by atoms with Crippen molar-refractivity contribution in [3.8, 4) is 0 Å². The van der Waals surface area contributed by atoms with E-state index in [1.165, 1.54) is 16.7 Å². The third-order valence-electron chi connectivity index (χ3n) is 8.79. The van der Waals surface area contributed by atoms with Gasteiger partial charge in [-0.2, -0.15) is 0 Å². The van der Waals surface area contributed by atoms with Gasteiger partial charge >= 0.3 is 0 Å². The van der Waals surface area contributed by atoms with Gasteiger partial charge in [-0.1, -0.05) is 150 Å². The molecule has 2 aliphatic carbocycles. The molecule has 4 unspecified atom stereocenters. The lowest BCUT2D eigenvalue weighted by molar-refractivity contribution is -0.0809. The molecule has 0 bridgehead atoms. The molecule has 0 aliphatic heterocycles. The van der Waals surface area contributed by atoms with Gasteiger partial charge in [-0.3, -0.25) is 0 Å². The van der Waals surface area contributed by atoms with Crippen molar-refractivity contribution in [3.63, 3.8) is 0 Å². The largest absolute Gasteiger partial charge is 0.385 e. The summed E-state index contributed by atoms with van der Waals surface area (Å²) >= 11 is 0.